The molecule has 0 fully saturated rings. The third-order valence-electron chi connectivity index (χ3n) is 3.18. The first kappa shape index (κ1) is 17.3. The standard InChI is InChI=1S/C17H18F2IN2/c18-14-6-13(7-15(19)10-14)9-17(21)4-5-22-11-12-2-1-3-16(20)8-12/h1-4,6-8,10,17,22H,5,9,11,21H2/t17-/m0/s1. The molecule has 0 bridgehead atoms. The van der Waals surface area contributed by atoms with Gasteiger partial charge in [-0.15, -0.1) is 0 Å². The SMILES string of the molecule is N[C@@H]([CH]CNCc1cccc(I)c1)Cc1cc(F)cc(F)c1. The van der Waals surface area contributed by atoms with E-state index in [1.807, 2.05) is 18.6 Å². The maximum atomic E-state index is 13.1. The molecule has 1 radical (unpaired) electrons. The molecule has 0 saturated carbocycles. The molecule has 0 saturated heterocycles. The summed E-state index contributed by atoms with van der Waals surface area (Å²) in [6.45, 7) is 1.40. The predicted molar refractivity (Wildman–Crippen MR) is 93.2 cm³/mol. The van der Waals surface area contributed by atoms with Crippen molar-refractivity contribution >= 4 is 22.6 Å². The Morgan fingerprint density at radius 1 is 1.09 bits per heavy atom. The molecular formula is C17H18F2IN2. The van der Waals surface area contributed by atoms with Crippen LogP contribution >= 0.6 is 22.6 Å². The van der Waals surface area contributed by atoms with Crippen molar-refractivity contribution in [3.63, 3.8) is 0 Å². The van der Waals surface area contributed by atoms with Gasteiger partial charge < -0.3 is 11.1 Å². The summed E-state index contributed by atoms with van der Waals surface area (Å²) >= 11 is 2.28. The van der Waals surface area contributed by atoms with Crippen molar-refractivity contribution in [1.29, 1.82) is 0 Å². The molecule has 1 atom stereocenters. The minimum atomic E-state index is -0.570. The molecule has 2 aromatic carbocycles. The van der Waals surface area contributed by atoms with Crippen LogP contribution in [-0.2, 0) is 13.0 Å². The van der Waals surface area contributed by atoms with E-state index in [9.17, 15) is 8.78 Å². The lowest BCUT2D eigenvalue weighted by Crippen LogP contribution is -2.29. The van der Waals surface area contributed by atoms with Gasteiger partial charge in [0.25, 0.3) is 0 Å². The van der Waals surface area contributed by atoms with Crippen LogP contribution in [0.15, 0.2) is 42.5 Å². The van der Waals surface area contributed by atoms with E-state index in [-0.39, 0.29) is 6.04 Å². The van der Waals surface area contributed by atoms with Crippen molar-refractivity contribution in [3.8, 4) is 0 Å². The van der Waals surface area contributed by atoms with Gasteiger partial charge >= 0.3 is 0 Å². The summed E-state index contributed by atoms with van der Waals surface area (Å²) < 4.78 is 27.4. The van der Waals surface area contributed by atoms with E-state index in [0.29, 0.717) is 18.5 Å². The molecule has 0 aliphatic rings. The lowest BCUT2D eigenvalue weighted by atomic mass is 10.0. The molecule has 2 rings (SSSR count). The highest BCUT2D eigenvalue weighted by Gasteiger charge is 2.07. The highest BCUT2D eigenvalue weighted by Crippen LogP contribution is 2.10. The first-order valence-corrected chi connectivity index (χ1v) is 8.10. The molecule has 3 N–H and O–H groups in total. The second kappa shape index (κ2) is 8.55. The minimum Gasteiger partial charge on any atom is -0.327 e. The summed E-state index contributed by atoms with van der Waals surface area (Å²) in [5, 5.41) is 3.28. The molecule has 0 aliphatic carbocycles. The molecule has 22 heavy (non-hydrogen) atoms. The number of benzene rings is 2. The topological polar surface area (TPSA) is 38.0 Å². The van der Waals surface area contributed by atoms with Gasteiger partial charge in [0, 0.05) is 28.8 Å². The van der Waals surface area contributed by atoms with Gasteiger partial charge in [0.05, 0.1) is 0 Å². The van der Waals surface area contributed by atoms with E-state index in [4.69, 9.17) is 5.73 Å². The Bertz CT molecular complexity index is 599. The van der Waals surface area contributed by atoms with E-state index in [2.05, 4.69) is 40.0 Å². The van der Waals surface area contributed by atoms with Crippen molar-refractivity contribution in [2.24, 2.45) is 5.73 Å². The van der Waals surface area contributed by atoms with Crippen LogP contribution in [-0.4, -0.2) is 12.6 Å². The van der Waals surface area contributed by atoms with E-state index in [1.165, 1.54) is 21.3 Å². The van der Waals surface area contributed by atoms with E-state index in [0.717, 1.165) is 12.6 Å². The Morgan fingerprint density at radius 3 is 2.50 bits per heavy atom. The molecule has 0 amide bonds. The second-order valence-corrected chi connectivity index (χ2v) is 6.39. The van der Waals surface area contributed by atoms with Crippen molar-refractivity contribution in [3.05, 3.63) is 75.2 Å². The quantitative estimate of drug-likeness (QED) is 0.537. The Labute approximate surface area is 143 Å². The van der Waals surface area contributed by atoms with Gasteiger partial charge in [-0.3, -0.25) is 0 Å². The van der Waals surface area contributed by atoms with Crippen molar-refractivity contribution in [1.82, 2.24) is 5.32 Å². The zero-order chi connectivity index (χ0) is 15.9. The van der Waals surface area contributed by atoms with E-state index < -0.39 is 11.6 Å². The van der Waals surface area contributed by atoms with Crippen LogP contribution in [0.4, 0.5) is 8.78 Å². The van der Waals surface area contributed by atoms with Gasteiger partial charge in [-0.25, -0.2) is 8.78 Å². The number of halogens is 3. The van der Waals surface area contributed by atoms with Crippen LogP contribution < -0.4 is 11.1 Å². The molecule has 117 valence electrons. The molecule has 0 unspecified atom stereocenters. The van der Waals surface area contributed by atoms with Gasteiger partial charge in [0.1, 0.15) is 11.6 Å². The zero-order valence-corrected chi connectivity index (χ0v) is 14.2. The smallest absolute Gasteiger partial charge is 0.126 e. The third kappa shape index (κ3) is 5.98. The lowest BCUT2D eigenvalue weighted by molar-refractivity contribution is 0.576. The summed E-state index contributed by atoms with van der Waals surface area (Å²) in [5.41, 5.74) is 7.75. The number of nitrogens with one attached hydrogen (secondary N) is 1. The zero-order valence-electron chi connectivity index (χ0n) is 12.0. The summed E-state index contributed by atoms with van der Waals surface area (Å²) in [6, 6.07) is 11.5. The number of hydrogen-bond donors (Lipinski definition) is 2. The average molecular weight is 415 g/mol. The largest absolute Gasteiger partial charge is 0.327 e. The van der Waals surface area contributed by atoms with Gasteiger partial charge in [0.2, 0.25) is 0 Å². The summed E-state index contributed by atoms with van der Waals surface area (Å²) in [5.74, 6) is -1.14. The fourth-order valence-electron chi connectivity index (χ4n) is 2.18. The average Bonchev–Trinajstić information content (AvgIpc) is 2.42. The predicted octanol–water partition coefficient (Wildman–Crippen LogP) is 3.43. The Balaban J connectivity index is 1.72. The highest BCUT2D eigenvalue weighted by atomic mass is 127. The first-order valence-electron chi connectivity index (χ1n) is 7.02. The van der Waals surface area contributed by atoms with Crippen LogP contribution in [0.1, 0.15) is 11.1 Å². The van der Waals surface area contributed by atoms with Crippen molar-refractivity contribution in [2.45, 2.75) is 19.0 Å². The molecule has 0 aliphatic heterocycles. The lowest BCUT2D eigenvalue weighted by Gasteiger charge is -2.12. The second-order valence-electron chi connectivity index (χ2n) is 5.14. The number of rotatable bonds is 7. The molecular weight excluding hydrogens is 397 g/mol. The Kier molecular flexibility index (Phi) is 6.72. The van der Waals surface area contributed by atoms with Crippen LogP contribution in [0.25, 0.3) is 0 Å². The molecule has 5 heteroatoms. The third-order valence-corrected chi connectivity index (χ3v) is 3.85. The molecule has 2 nitrogen and oxygen atoms in total. The summed E-state index contributed by atoms with van der Waals surface area (Å²) in [6.07, 6.45) is 2.33. The highest BCUT2D eigenvalue weighted by molar-refractivity contribution is 14.1. The fraction of sp³-hybridized carbons (Fsp3) is 0.235. The van der Waals surface area contributed by atoms with Crippen molar-refractivity contribution in [2.75, 3.05) is 6.54 Å². The number of hydrogen-bond acceptors (Lipinski definition) is 2. The van der Waals surface area contributed by atoms with E-state index in [1.54, 1.807) is 0 Å². The van der Waals surface area contributed by atoms with Gasteiger partial charge in [0.15, 0.2) is 0 Å². The summed E-state index contributed by atoms with van der Waals surface area (Å²) in [7, 11) is 0. The first-order chi connectivity index (χ1) is 10.5. The van der Waals surface area contributed by atoms with Crippen molar-refractivity contribution < 1.29 is 8.78 Å². The molecule has 0 spiro atoms. The van der Waals surface area contributed by atoms with Gasteiger partial charge in [-0.2, -0.15) is 0 Å². The van der Waals surface area contributed by atoms with Crippen LogP contribution in [0, 0.1) is 21.6 Å². The van der Waals surface area contributed by atoms with Gasteiger partial charge in [-0.05, 0) is 70.8 Å². The molecule has 0 aromatic heterocycles. The Hall–Kier alpha value is -1.05. The van der Waals surface area contributed by atoms with Crippen LogP contribution in [0.2, 0.25) is 0 Å². The minimum absolute atomic E-state index is 0.246. The molecule has 2 aromatic rings. The van der Waals surface area contributed by atoms with Gasteiger partial charge in [-0.1, -0.05) is 12.1 Å². The summed E-state index contributed by atoms with van der Waals surface area (Å²) in [4.78, 5) is 0. The maximum absolute atomic E-state index is 13.1. The fourth-order valence-corrected chi connectivity index (χ4v) is 2.79. The maximum Gasteiger partial charge on any atom is 0.126 e. The molecule has 0 heterocycles. The van der Waals surface area contributed by atoms with Crippen LogP contribution in [0.5, 0.6) is 0 Å². The van der Waals surface area contributed by atoms with E-state index >= 15 is 0 Å². The van der Waals surface area contributed by atoms with Crippen LogP contribution in [0.3, 0.4) is 0 Å². The Morgan fingerprint density at radius 2 is 1.82 bits per heavy atom. The normalized spacial score (nSPS) is 12.4. The number of nitrogens with two attached hydrogens (primary N) is 1. The monoisotopic (exact) mass is 415 g/mol.